The normalized spacial score (nSPS) is 10.5. The van der Waals surface area contributed by atoms with Gasteiger partial charge in [-0.2, -0.15) is 0 Å². The molecule has 0 amide bonds. The summed E-state index contributed by atoms with van der Waals surface area (Å²) in [4.78, 5) is 45.4. The molecular formula is C34H56O8. The zero-order valence-electron chi connectivity index (χ0n) is 26.6. The molecule has 0 fully saturated rings. The molecule has 42 heavy (non-hydrogen) atoms. The van der Waals surface area contributed by atoms with E-state index in [0.29, 0.717) is 38.0 Å². The van der Waals surface area contributed by atoms with Crippen molar-refractivity contribution >= 4 is 23.9 Å². The number of rotatable bonds is 23. The molecule has 0 aliphatic carbocycles. The lowest BCUT2D eigenvalue weighted by molar-refractivity contribution is -0.144. The van der Waals surface area contributed by atoms with Crippen LogP contribution >= 0.6 is 0 Å². The SMILES string of the molecule is CCCCOC(=O)CCCCCCCCC(=O)OCCCC.CCCCc1ccc(C(=O)O)c(C(=O)O)c1CCCC. The third-order valence-electron chi connectivity index (χ3n) is 6.97. The second kappa shape index (κ2) is 25.8. The van der Waals surface area contributed by atoms with Crippen LogP contribution in [0.3, 0.4) is 0 Å². The van der Waals surface area contributed by atoms with Gasteiger partial charge in [-0.1, -0.05) is 85.1 Å². The summed E-state index contributed by atoms with van der Waals surface area (Å²) in [5.74, 6) is -2.46. The molecule has 0 radical (unpaired) electrons. The molecule has 2 N–H and O–H groups in total. The summed E-state index contributed by atoms with van der Waals surface area (Å²) < 4.78 is 10.2. The average molecular weight is 593 g/mol. The Morgan fingerprint density at radius 2 is 1.02 bits per heavy atom. The zero-order chi connectivity index (χ0) is 31.6. The molecule has 0 saturated heterocycles. The molecule has 0 unspecified atom stereocenters. The third kappa shape index (κ3) is 18.5. The summed E-state index contributed by atoms with van der Waals surface area (Å²) in [6, 6.07) is 3.20. The fourth-order valence-corrected chi connectivity index (χ4v) is 4.40. The van der Waals surface area contributed by atoms with Crippen LogP contribution < -0.4 is 0 Å². The summed E-state index contributed by atoms with van der Waals surface area (Å²) in [6.45, 7) is 9.40. The van der Waals surface area contributed by atoms with E-state index >= 15 is 0 Å². The molecule has 0 atom stereocenters. The summed E-state index contributed by atoms with van der Waals surface area (Å²) in [6.07, 6.45) is 16.5. The van der Waals surface area contributed by atoms with Crippen molar-refractivity contribution in [3.63, 3.8) is 0 Å². The Hall–Kier alpha value is -2.90. The van der Waals surface area contributed by atoms with Gasteiger partial charge in [-0.15, -0.1) is 0 Å². The van der Waals surface area contributed by atoms with Crippen LogP contribution in [0, 0.1) is 0 Å². The quantitative estimate of drug-likeness (QED) is 0.0955. The molecule has 0 aliphatic rings. The Morgan fingerprint density at radius 1 is 0.571 bits per heavy atom. The number of carboxylic acid groups (broad SMARTS) is 2. The van der Waals surface area contributed by atoms with E-state index in [1.165, 1.54) is 6.07 Å². The molecule has 240 valence electrons. The van der Waals surface area contributed by atoms with Crippen LogP contribution in [0.2, 0.25) is 0 Å². The van der Waals surface area contributed by atoms with E-state index in [9.17, 15) is 24.3 Å². The van der Waals surface area contributed by atoms with Crippen LogP contribution in [0.5, 0.6) is 0 Å². The predicted octanol–water partition coefficient (Wildman–Crippen LogP) is 8.56. The lowest BCUT2D eigenvalue weighted by Gasteiger charge is -2.14. The molecule has 1 aromatic carbocycles. The number of ether oxygens (including phenoxy) is 2. The second-order valence-corrected chi connectivity index (χ2v) is 10.7. The van der Waals surface area contributed by atoms with Gasteiger partial charge in [0.2, 0.25) is 0 Å². The van der Waals surface area contributed by atoms with E-state index in [1.807, 2.05) is 6.92 Å². The maximum Gasteiger partial charge on any atom is 0.336 e. The standard InChI is InChI=1S/C18H34O4.C16H22O4/c1-3-5-15-21-17(19)13-11-9-7-8-10-12-14-18(20)22-16-6-4-2;1-3-5-7-11-9-10-13(15(17)18)14(16(19)20)12(11)8-6-4-2/h3-16H2,1-2H3;9-10H,3-8H2,1-2H3,(H,17,18)(H,19,20). The zero-order valence-corrected chi connectivity index (χ0v) is 26.6. The minimum atomic E-state index is -1.18. The van der Waals surface area contributed by atoms with Crippen molar-refractivity contribution in [2.45, 2.75) is 143 Å². The molecular weight excluding hydrogens is 536 g/mol. The molecule has 0 aliphatic heterocycles. The highest BCUT2D eigenvalue weighted by Gasteiger charge is 2.22. The van der Waals surface area contributed by atoms with E-state index in [-0.39, 0.29) is 23.1 Å². The molecule has 0 heterocycles. The van der Waals surface area contributed by atoms with Crippen molar-refractivity contribution in [3.8, 4) is 0 Å². The molecule has 0 bridgehead atoms. The van der Waals surface area contributed by atoms with Gasteiger partial charge in [-0.25, -0.2) is 9.59 Å². The Kier molecular flexibility index (Phi) is 24.0. The van der Waals surface area contributed by atoms with Crippen LogP contribution in [0.25, 0.3) is 0 Å². The highest BCUT2D eigenvalue weighted by atomic mass is 16.5. The van der Waals surface area contributed by atoms with Crippen molar-refractivity contribution in [1.82, 2.24) is 0 Å². The summed E-state index contributed by atoms with van der Waals surface area (Å²) in [7, 11) is 0. The smallest absolute Gasteiger partial charge is 0.336 e. The number of hydrogen-bond acceptors (Lipinski definition) is 6. The lowest BCUT2D eigenvalue weighted by Crippen LogP contribution is -2.14. The van der Waals surface area contributed by atoms with Crippen LogP contribution in [0.1, 0.15) is 162 Å². The molecule has 0 aromatic heterocycles. The van der Waals surface area contributed by atoms with E-state index in [0.717, 1.165) is 102 Å². The first-order chi connectivity index (χ1) is 20.2. The molecule has 8 heteroatoms. The number of hydrogen-bond donors (Lipinski definition) is 2. The minimum absolute atomic E-state index is 0.0282. The Labute approximate surface area is 253 Å². The monoisotopic (exact) mass is 592 g/mol. The topological polar surface area (TPSA) is 127 Å². The predicted molar refractivity (Wildman–Crippen MR) is 166 cm³/mol. The molecule has 0 spiro atoms. The summed E-state index contributed by atoms with van der Waals surface area (Å²) >= 11 is 0. The first-order valence-corrected chi connectivity index (χ1v) is 16.2. The molecule has 1 rings (SSSR count). The van der Waals surface area contributed by atoms with Gasteiger partial charge in [-0.05, 0) is 68.6 Å². The largest absolute Gasteiger partial charge is 0.478 e. The van der Waals surface area contributed by atoms with Crippen molar-refractivity contribution in [3.05, 3.63) is 34.4 Å². The maximum atomic E-state index is 11.5. The Morgan fingerprint density at radius 3 is 1.45 bits per heavy atom. The number of carboxylic acids is 2. The third-order valence-corrected chi connectivity index (χ3v) is 6.97. The lowest BCUT2D eigenvalue weighted by atomic mass is 9.90. The molecule has 8 nitrogen and oxygen atoms in total. The van der Waals surface area contributed by atoms with Gasteiger partial charge >= 0.3 is 23.9 Å². The van der Waals surface area contributed by atoms with E-state index < -0.39 is 11.9 Å². The van der Waals surface area contributed by atoms with Crippen LogP contribution in [-0.4, -0.2) is 47.3 Å². The highest BCUT2D eigenvalue weighted by Crippen LogP contribution is 2.24. The number of benzene rings is 1. The van der Waals surface area contributed by atoms with Crippen LogP contribution in [0.4, 0.5) is 0 Å². The number of carbonyl (C=O) groups is 4. The maximum absolute atomic E-state index is 11.5. The van der Waals surface area contributed by atoms with Crippen LogP contribution in [0.15, 0.2) is 12.1 Å². The first-order valence-electron chi connectivity index (χ1n) is 16.2. The number of aromatic carboxylic acids is 2. The minimum Gasteiger partial charge on any atom is -0.478 e. The number of unbranched alkanes of at least 4 members (excludes halogenated alkanes) is 9. The molecule has 0 saturated carbocycles. The van der Waals surface area contributed by atoms with Gasteiger partial charge in [0.25, 0.3) is 0 Å². The highest BCUT2D eigenvalue weighted by molar-refractivity contribution is 6.03. The van der Waals surface area contributed by atoms with Crippen LogP contribution in [-0.2, 0) is 31.9 Å². The van der Waals surface area contributed by atoms with Crippen molar-refractivity contribution < 1.29 is 38.9 Å². The second-order valence-electron chi connectivity index (χ2n) is 10.7. The number of esters is 2. The number of carbonyl (C=O) groups excluding carboxylic acids is 2. The number of aryl methyl sites for hydroxylation is 1. The van der Waals surface area contributed by atoms with Gasteiger partial charge in [0.1, 0.15) is 0 Å². The van der Waals surface area contributed by atoms with Crippen molar-refractivity contribution in [1.29, 1.82) is 0 Å². The van der Waals surface area contributed by atoms with Gasteiger partial charge < -0.3 is 19.7 Å². The Bertz CT molecular complexity index is 881. The van der Waals surface area contributed by atoms with Gasteiger partial charge in [0, 0.05) is 12.8 Å². The summed E-state index contributed by atoms with van der Waals surface area (Å²) in [5, 5.41) is 18.5. The molecule has 1 aromatic rings. The Balaban J connectivity index is 0.000000803. The van der Waals surface area contributed by atoms with Gasteiger partial charge in [0.15, 0.2) is 0 Å². The van der Waals surface area contributed by atoms with E-state index in [4.69, 9.17) is 14.6 Å². The van der Waals surface area contributed by atoms with E-state index in [1.54, 1.807) is 6.07 Å². The van der Waals surface area contributed by atoms with Crippen molar-refractivity contribution in [2.75, 3.05) is 13.2 Å². The van der Waals surface area contributed by atoms with Gasteiger partial charge in [-0.3, -0.25) is 9.59 Å². The van der Waals surface area contributed by atoms with Gasteiger partial charge in [0.05, 0.1) is 24.3 Å². The first kappa shape index (κ1) is 39.1. The fraction of sp³-hybridized carbons (Fsp3) is 0.706. The van der Waals surface area contributed by atoms with Crippen molar-refractivity contribution in [2.24, 2.45) is 0 Å². The average Bonchev–Trinajstić information content (AvgIpc) is 2.96. The fourth-order valence-electron chi connectivity index (χ4n) is 4.40. The summed E-state index contributed by atoms with van der Waals surface area (Å²) in [5.41, 5.74) is 1.54. The van der Waals surface area contributed by atoms with E-state index in [2.05, 4.69) is 20.8 Å².